The van der Waals surface area contributed by atoms with Crippen molar-refractivity contribution in [1.29, 1.82) is 0 Å². The first-order valence-electron chi connectivity index (χ1n) is 9.44. The highest BCUT2D eigenvalue weighted by Crippen LogP contribution is 2.24. The van der Waals surface area contributed by atoms with Crippen molar-refractivity contribution < 1.29 is 9.13 Å². The second kappa shape index (κ2) is 8.78. The normalized spacial score (nSPS) is 15.0. The summed E-state index contributed by atoms with van der Waals surface area (Å²) >= 11 is 0. The van der Waals surface area contributed by atoms with Gasteiger partial charge in [0.1, 0.15) is 23.3 Å². The highest BCUT2D eigenvalue weighted by molar-refractivity contribution is 5.59. The van der Waals surface area contributed by atoms with Gasteiger partial charge in [0, 0.05) is 31.5 Å². The second-order valence-electron chi connectivity index (χ2n) is 6.67. The average molecular weight is 395 g/mol. The molecule has 150 valence electrons. The molecule has 0 spiro atoms. The topological polar surface area (TPSA) is 88.1 Å². The summed E-state index contributed by atoms with van der Waals surface area (Å²) in [5.74, 6) is 2.20. The number of nitrogens with one attached hydrogen (secondary N) is 2. The lowest BCUT2D eigenvalue weighted by Crippen LogP contribution is -2.37. The molecule has 0 saturated carbocycles. The number of hydrogen-bond acceptors (Lipinski definition) is 8. The smallest absolute Gasteiger partial charge is 0.227 e. The predicted molar refractivity (Wildman–Crippen MR) is 109 cm³/mol. The van der Waals surface area contributed by atoms with Crippen LogP contribution >= 0.6 is 0 Å². The van der Waals surface area contributed by atoms with Crippen LogP contribution in [0.5, 0.6) is 0 Å². The van der Waals surface area contributed by atoms with Gasteiger partial charge in [-0.05, 0) is 24.6 Å². The van der Waals surface area contributed by atoms with Crippen LogP contribution in [0.3, 0.4) is 0 Å². The Morgan fingerprint density at radius 2 is 1.86 bits per heavy atom. The predicted octanol–water partition coefficient (Wildman–Crippen LogP) is 3.16. The van der Waals surface area contributed by atoms with Crippen molar-refractivity contribution in [1.82, 2.24) is 19.9 Å². The van der Waals surface area contributed by atoms with E-state index in [0.717, 1.165) is 24.5 Å². The Balaban J connectivity index is 1.60. The molecule has 8 nitrogen and oxygen atoms in total. The molecule has 1 atom stereocenters. The first-order valence-corrected chi connectivity index (χ1v) is 9.44. The van der Waals surface area contributed by atoms with Crippen LogP contribution in [0, 0.1) is 5.82 Å². The number of anilines is 4. The summed E-state index contributed by atoms with van der Waals surface area (Å²) in [4.78, 5) is 19.7. The molecule has 1 unspecified atom stereocenters. The third kappa shape index (κ3) is 4.94. The molecule has 2 N–H and O–H groups in total. The lowest BCUT2D eigenvalue weighted by Gasteiger charge is -2.28. The molecule has 0 bridgehead atoms. The van der Waals surface area contributed by atoms with Crippen molar-refractivity contribution in [2.45, 2.75) is 13.0 Å². The zero-order chi connectivity index (χ0) is 20.1. The number of ether oxygens (including phenoxy) is 1. The summed E-state index contributed by atoms with van der Waals surface area (Å²) in [7, 11) is 0. The van der Waals surface area contributed by atoms with Gasteiger partial charge in [0.25, 0.3) is 0 Å². The Morgan fingerprint density at radius 1 is 1.07 bits per heavy atom. The third-order valence-corrected chi connectivity index (χ3v) is 4.58. The van der Waals surface area contributed by atoms with E-state index in [-0.39, 0.29) is 11.9 Å². The van der Waals surface area contributed by atoms with Gasteiger partial charge in [-0.2, -0.15) is 9.97 Å². The number of rotatable bonds is 6. The van der Waals surface area contributed by atoms with Crippen LogP contribution in [0.15, 0.2) is 48.9 Å². The molecule has 1 aliphatic heterocycles. The fourth-order valence-electron chi connectivity index (χ4n) is 3.04. The van der Waals surface area contributed by atoms with Crippen LogP contribution in [0.25, 0.3) is 0 Å². The Kier molecular flexibility index (Phi) is 5.76. The van der Waals surface area contributed by atoms with Gasteiger partial charge in [-0.25, -0.2) is 9.37 Å². The van der Waals surface area contributed by atoms with Crippen molar-refractivity contribution in [3.8, 4) is 0 Å². The molecule has 1 aliphatic rings. The Labute approximate surface area is 168 Å². The first-order chi connectivity index (χ1) is 14.2. The highest BCUT2D eigenvalue weighted by atomic mass is 19.1. The van der Waals surface area contributed by atoms with E-state index in [1.54, 1.807) is 30.7 Å². The minimum absolute atomic E-state index is 0.0973. The summed E-state index contributed by atoms with van der Waals surface area (Å²) < 4.78 is 18.7. The van der Waals surface area contributed by atoms with Gasteiger partial charge in [-0.3, -0.25) is 4.98 Å². The van der Waals surface area contributed by atoms with Gasteiger partial charge in [0.2, 0.25) is 5.95 Å². The summed E-state index contributed by atoms with van der Waals surface area (Å²) in [6.07, 6.45) is 4.86. The van der Waals surface area contributed by atoms with E-state index in [1.165, 1.54) is 12.1 Å². The van der Waals surface area contributed by atoms with E-state index >= 15 is 0 Å². The molecule has 3 aromatic rings. The molecule has 3 heterocycles. The zero-order valence-electron chi connectivity index (χ0n) is 16.0. The van der Waals surface area contributed by atoms with E-state index in [0.29, 0.717) is 30.8 Å². The summed E-state index contributed by atoms with van der Waals surface area (Å²) in [5, 5.41) is 6.48. The van der Waals surface area contributed by atoms with Crippen LogP contribution in [0.2, 0.25) is 0 Å². The molecule has 2 aromatic heterocycles. The maximum absolute atomic E-state index is 13.2. The minimum atomic E-state index is -0.262. The van der Waals surface area contributed by atoms with E-state index in [4.69, 9.17) is 4.74 Å². The van der Waals surface area contributed by atoms with E-state index in [2.05, 4.69) is 35.5 Å². The van der Waals surface area contributed by atoms with E-state index < -0.39 is 0 Å². The van der Waals surface area contributed by atoms with Gasteiger partial charge in [0.05, 0.1) is 25.5 Å². The van der Waals surface area contributed by atoms with Gasteiger partial charge in [-0.1, -0.05) is 12.1 Å². The van der Waals surface area contributed by atoms with Crippen LogP contribution < -0.4 is 15.5 Å². The number of morpholine rings is 1. The minimum Gasteiger partial charge on any atom is -0.378 e. The lowest BCUT2D eigenvalue weighted by atomic mass is 10.1. The number of benzene rings is 1. The number of hydrogen-bond donors (Lipinski definition) is 2. The van der Waals surface area contributed by atoms with E-state index in [9.17, 15) is 4.39 Å². The largest absolute Gasteiger partial charge is 0.378 e. The SMILES string of the molecule is CC(Nc1nc(Nc2cnccn2)cc(N2CCOCC2)n1)c1ccc(F)cc1. The Hall–Kier alpha value is -3.33. The quantitative estimate of drug-likeness (QED) is 0.658. The molecule has 0 aliphatic carbocycles. The molecule has 0 radical (unpaired) electrons. The van der Waals surface area contributed by atoms with Crippen molar-refractivity contribution in [2.75, 3.05) is 41.8 Å². The fraction of sp³-hybridized carbons (Fsp3) is 0.300. The molecular formula is C20H22FN7O. The zero-order valence-corrected chi connectivity index (χ0v) is 16.0. The average Bonchev–Trinajstić information content (AvgIpc) is 2.75. The van der Waals surface area contributed by atoms with Crippen molar-refractivity contribution >= 4 is 23.4 Å². The van der Waals surface area contributed by atoms with Crippen LogP contribution in [-0.4, -0.2) is 46.2 Å². The standard InChI is InChI=1S/C20H22FN7O/c1-14(15-2-4-16(21)5-3-15)24-20-26-17(25-18-13-22-6-7-23-18)12-19(27-20)28-8-10-29-11-9-28/h2-7,12-14H,8-11H2,1H3,(H2,23,24,25,26,27). The van der Waals surface area contributed by atoms with Crippen molar-refractivity contribution in [2.24, 2.45) is 0 Å². The maximum atomic E-state index is 13.2. The van der Waals surface area contributed by atoms with Gasteiger partial charge in [-0.15, -0.1) is 0 Å². The molecule has 9 heteroatoms. The van der Waals surface area contributed by atoms with Crippen LogP contribution in [0.4, 0.5) is 27.8 Å². The van der Waals surface area contributed by atoms with Crippen molar-refractivity contribution in [3.63, 3.8) is 0 Å². The van der Waals surface area contributed by atoms with Crippen LogP contribution in [0.1, 0.15) is 18.5 Å². The first kappa shape index (κ1) is 19.0. The van der Waals surface area contributed by atoms with Crippen molar-refractivity contribution in [3.05, 3.63) is 60.3 Å². The summed E-state index contributed by atoms with van der Waals surface area (Å²) in [5.41, 5.74) is 0.940. The lowest BCUT2D eigenvalue weighted by molar-refractivity contribution is 0.122. The summed E-state index contributed by atoms with van der Waals surface area (Å²) in [6, 6.07) is 8.17. The second-order valence-corrected chi connectivity index (χ2v) is 6.67. The fourth-order valence-corrected chi connectivity index (χ4v) is 3.04. The number of aromatic nitrogens is 4. The highest BCUT2D eigenvalue weighted by Gasteiger charge is 2.16. The Bertz CT molecular complexity index is 933. The maximum Gasteiger partial charge on any atom is 0.227 e. The molecule has 1 aromatic carbocycles. The molecule has 0 amide bonds. The van der Waals surface area contributed by atoms with Gasteiger partial charge >= 0.3 is 0 Å². The monoisotopic (exact) mass is 395 g/mol. The van der Waals surface area contributed by atoms with Gasteiger partial charge in [0.15, 0.2) is 0 Å². The van der Waals surface area contributed by atoms with Crippen LogP contribution in [-0.2, 0) is 4.74 Å². The molecule has 1 saturated heterocycles. The summed E-state index contributed by atoms with van der Waals surface area (Å²) in [6.45, 7) is 4.81. The molecule has 1 fully saturated rings. The molecule has 29 heavy (non-hydrogen) atoms. The molecular weight excluding hydrogens is 373 g/mol. The molecule has 4 rings (SSSR count). The van der Waals surface area contributed by atoms with Gasteiger partial charge < -0.3 is 20.3 Å². The third-order valence-electron chi connectivity index (χ3n) is 4.58. The number of nitrogens with zero attached hydrogens (tertiary/aromatic N) is 5. The number of halogens is 1. The van der Waals surface area contributed by atoms with E-state index in [1.807, 2.05) is 13.0 Å². The Morgan fingerprint density at radius 3 is 2.59 bits per heavy atom.